The minimum Gasteiger partial charge on any atom is -0.379 e. The first kappa shape index (κ1) is 12.9. The van der Waals surface area contributed by atoms with Gasteiger partial charge >= 0.3 is 0 Å². The highest BCUT2D eigenvalue weighted by atomic mass is 32.2. The third-order valence-corrected chi connectivity index (χ3v) is 2.53. The number of ether oxygens (including phenoxy) is 1. The van der Waals surface area contributed by atoms with Gasteiger partial charge in [0, 0.05) is 6.61 Å². The first-order chi connectivity index (χ1) is 5.98. The van der Waals surface area contributed by atoms with Gasteiger partial charge in [-0.2, -0.15) is 8.42 Å². The highest BCUT2D eigenvalue weighted by molar-refractivity contribution is 7.86. The molecule has 0 spiro atoms. The van der Waals surface area contributed by atoms with Crippen LogP contribution < -0.4 is 0 Å². The molecule has 5 heteroatoms. The van der Waals surface area contributed by atoms with Crippen molar-refractivity contribution < 1.29 is 17.3 Å². The molecule has 0 fully saturated rings. The van der Waals surface area contributed by atoms with Gasteiger partial charge in [-0.3, -0.25) is 4.18 Å². The molecule has 0 aliphatic rings. The van der Waals surface area contributed by atoms with Crippen LogP contribution in [0, 0.1) is 5.92 Å². The fourth-order valence-electron chi connectivity index (χ4n) is 0.622. The van der Waals surface area contributed by atoms with Gasteiger partial charge in [-0.1, -0.05) is 13.8 Å². The lowest BCUT2D eigenvalue weighted by Crippen LogP contribution is -2.14. The number of hydrogen-bond acceptors (Lipinski definition) is 4. The molecule has 0 unspecified atom stereocenters. The van der Waals surface area contributed by atoms with Crippen LogP contribution in [0.25, 0.3) is 0 Å². The van der Waals surface area contributed by atoms with Crippen molar-refractivity contribution in [3.8, 4) is 0 Å². The third-order valence-electron chi connectivity index (χ3n) is 1.30. The van der Waals surface area contributed by atoms with Gasteiger partial charge in [-0.05, 0) is 12.8 Å². The van der Waals surface area contributed by atoms with E-state index < -0.39 is 10.1 Å². The molecule has 0 N–H and O–H groups in total. The molecule has 0 amide bonds. The van der Waals surface area contributed by atoms with Gasteiger partial charge in [0.1, 0.15) is 0 Å². The second-order valence-corrected chi connectivity index (χ2v) is 5.07. The summed E-state index contributed by atoms with van der Waals surface area (Å²) in [6.07, 6.45) is 0. The Labute approximate surface area is 80.4 Å². The summed E-state index contributed by atoms with van der Waals surface area (Å²) in [7, 11) is -3.30. The van der Waals surface area contributed by atoms with Crippen molar-refractivity contribution in [3.63, 3.8) is 0 Å². The van der Waals surface area contributed by atoms with Gasteiger partial charge in [0.2, 0.25) is 0 Å². The smallest absolute Gasteiger partial charge is 0.267 e. The van der Waals surface area contributed by atoms with Crippen molar-refractivity contribution in [1.82, 2.24) is 0 Å². The predicted octanol–water partition coefficient (Wildman–Crippen LogP) is 1.03. The minimum atomic E-state index is -3.30. The third kappa shape index (κ3) is 8.21. The molecule has 0 aliphatic carbocycles. The molecule has 4 nitrogen and oxygen atoms in total. The Hall–Kier alpha value is -0.130. The van der Waals surface area contributed by atoms with E-state index in [2.05, 4.69) is 4.18 Å². The molecule has 0 saturated heterocycles. The highest BCUT2D eigenvalue weighted by Gasteiger charge is 2.06. The van der Waals surface area contributed by atoms with Crippen LogP contribution in [0.3, 0.4) is 0 Å². The zero-order valence-electron chi connectivity index (χ0n) is 8.45. The van der Waals surface area contributed by atoms with Gasteiger partial charge in [-0.15, -0.1) is 0 Å². The highest BCUT2D eigenvalue weighted by Crippen LogP contribution is 1.94. The Kier molecular flexibility index (Phi) is 6.28. The van der Waals surface area contributed by atoms with Gasteiger partial charge < -0.3 is 4.74 Å². The lowest BCUT2D eigenvalue weighted by molar-refractivity contribution is 0.0836. The molecule has 0 rings (SSSR count). The Morgan fingerprint density at radius 3 is 2.31 bits per heavy atom. The molecule has 13 heavy (non-hydrogen) atoms. The zero-order chi connectivity index (χ0) is 10.3. The molecule has 0 bridgehead atoms. The summed E-state index contributed by atoms with van der Waals surface area (Å²) in [5.41, 5.74) is 0. The lowest BCUT2D eigenvalue weighted by atomic mass is 10.2. The van der Waals surface area contributed by atoms with Gasteiger partial charge in [-0.25, -0.2) is 0 Å². The quantitative estimate of drug-likeness (QED) is 0.465. The van der Waals surface area contributed by atoms with Crippen molar-refractivity contribution in [2.45, 2.75) is 20.8 Å². The summed E-state index contributed by atoms with van der Waals surface area (Å²) in [6.45, 7) is 6.69. The molecule has 0 saturated carbocycles. The SMILES string of the molecule is CCS(=O)(=O)OCCOCC(C)C. The average molecular weight is 210 g/mol. The minimum absolute atomic E-state index is 0.0111. The van der Waals surface area contributed by atoms with Crippen molar-refractivity contribution in [1.29, 1.82) is 0 Å². The van der Waals surface area contributed by atoms with Crippen LogP contribution in [0.15, 0.2) is 0 Å². The average Bonchev–Trinajstić information content (AvgIpc) is 2.03. The topological polar surface area (TPSA) is 52.6 Å². The molecular weight excluding hydrogens is 192 g/mol. The Balaban J connectivity index is 3.37. The maximum atomic E-state index is 10.8. The molecular formula is C8H18O4S. The summed E-state index contributed by atoms with van der Waals surface area (Å²) in [4.78, 5) is 0. The van der Waals surface area contributed by atoms with E-state index in [9.17, 15) is 8.42 Å². The molecule has 0 aromatic rings. The monoisotopic (exact) mass is 210 g/mol. The Morgan fingerprint density at radius 1 is 1.23 bits per heavy atom. The Bertz CT molecular complexity index is 208. The van der Waals surface area contributed by atoms with Crippen LogP contribution in [0.1, 0.15) is 20.8 Å². The molecule has 0 heterocycles. The molecule has 0 aromatic carbocycles. The Morgan fingerprint density at radius 2 is 1.85 bits per heavy atom. The molecule has 80 valence electrons. The van der Waals surface area contributed by atoms with Crippen molar-refractivity contribution in [3.05, 3.63) is 0 Å². The summed E-state index contributed by atoms with van der Waals surface area (Å²) >= 11 is 0. The largest absolute Gasteiger partial charge is 0.379 e. The number of rotatable bonds is 7. The van der Waals surface area contributed by atoms with Gasteiger partial charge in [0.15, 0.2) is 0 Å². The van der Waals surface area contributed by atoms with E-state index in [0.29, 0.717) is 19.1 Å². The standard InChI is InChI=1S/C8H18O4S/c1-4-13(9,10)12-6-5-11-7-8(2)3/h8H,4-7H2,1-3H3. The van der Waals surface area contributed by atoms with E-state index in [1.54, 1.807) is 6.92 Å². The van der Waals surface area contributed by atoms with Crippen LogP contribution >= 0.6 is 0 Å². The van der Waals surface area contributed by atoms with E-state index in [1.807, 2.05) is 13.8 Å². The van der Waals surface area contributed by atoms with Gasteiger partial charge in [0.05, 0.1) is 19.0 Å². The molecule has 0 aliphatic heterocycles. The van der Waals surface area contributed by atoms with Crippen LogP contribution in [-0.4, -0.2) is 34.0 Å². The van der Waals surface area contributed by atoms with E-state index in [1.165, 1.54) is 0 Å². The van der Waals surface area contributed by atoms with Crippen LogP contribution in [0.5, 0.6) is 0 Å². The first-order valence-electron chi connectivity index (χ1n) is 4.42. The fraction of sp³-hybridized carbons (Fsp3) is 1.00. The van der Waals surface area contributed by atoms with E-state index >= 15 is 0 Å². The van der Waals surface area contributed by atoms with Gasteiger partial charge in [0.25, 0.3) is 10.1 Å². The van der Waals surface area contributed by atoms with E-state index in [4.69, 9.17) is 4.74 Å². The van der Waals surface area contributed by atoms with Crippen LogP contribution in [0.2, 0.25) is 0 Å². The normalized spacial score (nSPS) is 12.3. The fourth-order valence-corrected chi connectivity index (χ4v) is 1.11. The molecule has 0 aromatic heterocycles. The summed E-state index contributed by atoms with van der Waals surface area (Å²) < 4.78 is 31.4. The zero-order valence-corrected chi connectivity index (χ0v) is 9.26. The molecule has 0 radical (unpaired) electrons. The second kappa shape index (κ2) is 6.34. The summed E-state index contributed by atoms with van der Waals surface area (Å²) in [5, 5.41) is 0. The van der Waals surface area contributed by atoms with Crippen molar-refractivity contribution in [2.24, 2.45) is 5.92 Å². The van der Waals surface area contributed by atoms with E-state index in [-0.39, 0.29) is 12.4 Å². The maximum Gasteiger partial charge on any atom is 0.267 e. The second-order valence-electron chi connectivity index (χ2n) is 3.14. The van der Waals surface area contributed by atoms with Crippen LogP contribution in [0.4, 0.5) is 0 Å². The van der Waals surface area contributed by atoms with Crippen LogP contribution in [-0.2, 0) is 19.0 Å². The molecule has 0 atom stereocenters. The van der Waals surface area contributed by atoms with E-state index in [0.717, 1.165) is 0 Å². The predicted molar refractivity (Wildman–Crippen MR) is 51.1 cm³/mol. The summed E-state index contributed by atoms with van der Waals surface area (Å²) in [6, 6.07) is 0. The lowest BCUT2D eigenvalue weighted by Gasteiger charge is -2.06. The maximum absolute atomic E-state index is 10.8. The number of hydrogen-bond donors (Lipinski definition) is 0. The van der Waals surface area contributed by atoms with Crippen molar-refractivity contribution >= 4 is 10.1 Å². The summed E-state index contributed by atoms with van der Waals surface area (Å²) in [5.74, 6) is 0.472. The first-order valence-corrected chi connectivity index (χ1v) is 6.00. The van der Waals surface area contributed by atoms with Crippen molar-refractivity contribution in [2.75, 3.05) is 25.6 Å².